The van der Waals surface area contributed by atoms with Crippen molar-refractivity contribution in [1.82, 2.24) is 9.88 Å². The van der Waals surface area contributed by atoms with E-state index in [4.69, 9.17) is 16.3 Å². The molecule has 0 bridgehead atoms. The zero-order valence-corrected chi connectivity index (χ0v) is 14.4. The summed E-state index contributed by atoms with van der Waals surface area (Å²) in [5.74, 6) is 0. The summed E-state index contributed by atoms with van der Waals surface area (Å²) in [6.07, 6.45) is 0.529. The molecule has 22 heavy (non-hydrogen) atoms. The first kappa shape index (κ1) is 15.7. The smallest absolute Gasteiger partial charge is 0.134 e. The summed E-state index contributed by atoms with van der Waals surface area (Å²) in [7, 11) is 0. The van der Waals surface area contributed by atoms with Crippen LogP contribution < -0.4 is 0 Å². The van der Waals surface area contributed by atoms with Crippen molar-refractivity contribution >= 4 is 22.5 Å². The third kappa shape index (κ3) is 3.12. The van der Waals surface area contributed by atoms with Gasteiger partial charge in [0.1, 0.15) is 5.15 Å². The average Bonchev–Trinajstić information content (AvgIpc) is 2.44. The van der Waals surface area contributed by atoms with E-state index in [9.17, 15) is 0 Å². The first-order valence-corrected chi connectivity index (χ1v) is 8.25. The zero-order chi connectivity index (χ0) is 15.9. The fourth-order valence-corrected chi connectivity index (χ4v) is 3.47. The Hall–Kier alpha value is -1.16. The standard InChI is InChI=1S/C18H23ClN2O/c1-11-5-6-15-7-16(18(19)20-17(15)14(11)4)10-21-8-12(2)22-13(3)9-21/h5-7,12-13H,8-10H2,1-4H3/t12-,13+. The molecule has 0 saturated carbocycles. The minimum absolute atomic E-state index is 0.265. The van der Waals surface area contributed by atoms with Crippen molar-refractivity contribution in [2.45, 2.75) is 46.4 Å². The number of morpholine rings is 1. The van der Waals surface area contributed by atoms with E-state index in [2.05, 4.69) is 55.8 Å². The third-order valence-corrected chi connectivity index (χ3v) is 4.75. The molecule has 0 unspecified atom stereocenters. The highest BCUT2D eigenvalue weighted by Crippen LogP contribution is 2.26. The number of rotatable bonds is 2. The van der Waals surface area contributed by atoms with Crippen LogP contribution in [-0.4, -0.2) is 35.2 Å². The summed E-state index contributed by atoms with van der Waals surface area (Å²) in [4.78, 5) is 7.04. The predicted octanol–water partition coefficient (Wildman–Crippen LogP) is 4.11. The van der Waals surface area contributed by atoms with Gasteiger partial charge >= 0.3 is 0 Å². The number of aromatic nitrogens is 1. The summed E-state index contributed by atoms with van der Waals surface area (Å²) in [6.45, 7) is 11.1. The molecule has 4 heteroatoms. The Bertz CT molecular complexity index is 691. The number of fused-ring (bicyclic) bond motifs is 1. The molecular weight excluding hydrogens is 296 g/mol. The maximum atomic E-state index is 6.45. The minimum Gasteiger partial charge on any atom is -0.373 e. The van der Waals surface area contributed by atoms with Crippen LogP contribution in [-0.2, 0) is 11.3 Å². The molecule has 1 saturated heterocycles. The van der Waals surface area contributed by atoms with Gasteiger partial charge in [0.05, 0.1) is 17.7 Å². The molecule has 0 spiro atoms. The van der Waals surface area contributed by atoms with Gasteiger partial charge in [-0.1, -0.05) is 23.7 Å². The Morgan fingerprint density at radius 1 is 1.23 bits per heavy atom. The SMILES string of the molecule is Cc1ccc2cc(CN3C[C@@H](C)O[C@@H](C)C3)c(Cl)nc2c1C. The van der Waals surface area contributed by atoms with Crippen molar-refractivity contribution in [3.8, 4) is 0 Å². The largest absolute Gasteiger partial charge is 0.373 e. The third-order valence-electron chi connectivity index (χ3n) is 4.43. The molecule has 0 N–H and O–H groups in total. The molecule has 2 heterocycles. The molecule has 3 rings (SSSR count). The molecule has 118 valence electrons. The second-order valence-corrected chi connectivity index (χ2v) is 6.83. The number of ether oxygens (including phenoxy) is 1. The van der Waals surface area contributed by atoms with Crippen LogP contribution in [0.3, 0.4) is 0 Å². The molecule has 1 aromatic carbocycles. The van der Waals surface area contributed by atoms with Gasteiger partial charge in [0.2, 0.25) is 0 Å². The Balaban J connectivity index is 1.91. The van der Waals surface area contributed by atoms with E-state index in [0.29, 0.717) is 5.15 Å². The molecular formula is C18H23ClN2O. The normalized spacial score (nSPS) is 23.1. The van der Waals surface area contributed by atoms with Crippen molar-refractivity contribution in [2.24, 2.45) is 0 Å². The van der Waals surface area contributed by atoms with Gasteiger partial charge in [-0.05, 0) is 44.9 Å². The summed E-state index contributed by atoms with van der Waals surface area (Å²) in [5.41, 5.74) is 4.57. The van der Waals surface area contributed by atoms with Crippen LogP contribution in [0.15, 0.2) is 18.2 Å². The minimum atomic E-state index is 0.265. The maximum Gasteiger partial charge on any atom is 0.134 e. The lowest BCUT2D eigenvalue weighted by molar-refractivity contribution is -0.0704. The summed E-state index contributed by atoms with van der Waals surface area (Å²) in [5, 5.41) is 1.78. The van der Waals surface area contributed by atoms with Crippen molar-refractivity contribution in [3.63, 3.8) is 0 Å². The number of nitrogens with zero attached hydrogens (tertiary/aromatic N) is 2. The van der Waals surface area contributed by atoms with Gasteiger partial charge in [-0.3, -0.25) is 4.90 Å². The van der Waals surface area contributed by atoms with E-state index in [1.54, 1.807) is 0 Å². The highest BCUT2D eigenvalue weighted by molar-refractivity contribution is 6.30. The van der Waals surface area contributed by atoms with Crippen LogP contribution >= 0.6 is 11.6 Å². The highest BCUT2D eigenvalue weighted by Gasteiger charge is 2.23. The Morgan fingerprint density at radius 3 is 2.59 bits per heavy atom. The molecule has 1 aliphatic heterocycles. The van der Waals surface area contributed by atoms with E-state index in [0.717, 1.165) is 36.1 Å². The predicted molar refractivity (Wildman–Crippen MR) is 91.5 cm³/mol. The molecule has 2 atom stereocenters. The lowest BCUT2D eigenvalue weighted by Crippen LogP contribution is -2.44. The van der Waals surface area contributed by atoms with Crippen LogP contribution in [0.25, 0.3) is 10.9 Å². The van der Waals surface area contributed by atoms with E-state index >= 15 is 0 Å². The van der Waals surface area contributed by atoms with Gasteiger partial charge in [0.15, 0.2) is 0 Å². The second kappa shape index (κ2) is 6.15. The van der Waals surface area contributed by atoms with E-state index in [1.807, 2.05) is 0 Å². The quantitative estimate of drug-likeness (QED) is 0.779. The summed E-state index contributed by atoms with van der Waals surface area (Å²) in [6, 6.07) is 6.47. The number of halogens is 1. The van der Waals surface area contributed by atoms with Gasteiger partial charge in [-0.15, -0.1) is 0 Å². The zero-order valence-electron chi connectivity index (χ0n) is 13.7. The first-order chi connectivity index (χ1) is 10.4. The number of hydrogen-bond acceptors (Lipinski definition) is 3. The van der Waals surface area contributed by atoms with Crippen molar-refractivity contribution in [3.05, 3.63) is 40.0 Å². The highest BCUT2D eigenvalue weighted by atomic mass is 35.5. The van der Waals surface area contributed by atoms with Gasteiger partial charge in [-0.2, -0.15) is 0 Å². The Morgan fingerprint density at radius 2 is 1.91 bits per heavy atom. The molecule has 1 fully saturated rings. The van der Waals surface area contributed by atoms with Crippen molar-refractivity contribution in [2.75, 3.05) is 13.1 Å². The maximum absolute atomic E-state index is 6.45. The fourth-order valence-electron chi connectivity index (χ4n) is 3.27. The van der Waals surface area contributed by atoms with Crippen LogP contribution in [0.5, 0.6) is 0 Å². The molecule has 1 aromatic heterocycles. The van der Waals surface area contributed by atoms with E-state index in [1.165, 1.54) is 11.1 Å². The van der Waals surface area contributed by atoms with Gasteiger partial charge in [-0.25, -0.2) is 4.98 Å². The van der Waals surface area contributed by atoms with Crippen molar-refractivity contribution in [1.29, 1.82) is 0 Å². The summed E-state index contributed by atoms with van der Waals surface area (Å²) < 4.78 is 5.79. The first-order valence-electron chi connectivity index (χ1n) is 7.87. The lowest BCUT2D eigenvalue weighted by Gasteiger charge is -2.35. The second-order valence-electron chi connectivity index (χ2n) is 6.47. The average molecular weight is 319 g/mol. The molecule has 1 aliphatic rings. The topological polar surface area (TPSA) is 25.4 Å². The van der Waals surface area contributed by atoms with Crippen LogP contribution in [0.1, 0.15) is 30.5 Å². The van der Waals surface area contributed by atoms with Crippen LogP contribution in [0, 0.1) is 13.8 Å². The molecule has 0 amide bonds. The molecule has 3 nitrogen and oxygen atoms in total. The van der Waals surface area contributed by atoms with Gasteiger partial charge < -0.3 is 4.74 Å². The number of pyridine rings is 1. The van der Waals surface area contributed by atoms with Gasteiger partial charge in [0.25, 0.3) is 0 Å². The van der Waals surface area contributed by atoms with E-state index < -0.39 is 0 Å². The van der Waals surface area contributed by atoms with Gasteiger partial charge in [0, 0.05) is 30.6 Å². The van der Waals surface area contributed by atoms with E-state index in [-0.39, 0.29) is 12.2 Å². The van der Waals surface area contributed by atoms with Crippen molar-refractivity contribution < 1.29 is 4.74 Å². The number of aryl methyl sites for hydroxylation is 2. The molecule has 0 radical (unpaired) electrons. The number of hydrogen-bond donors (Lipinski definition) is 0. The summed E-state index contributed by atoms with van der Waals surface area (Å²) >= 11 is 6.45. The Labute approximate surface area is 137 Å². The molecule has 2 aromatic rings. The number of benzene rings is 1. The monoisotopic (exact) mass is 318 g/mol. The lowest BCUT2D eigenvalue weighted by atomic mass is 10.0. The van der Waals surface area contributed by atoms with Crippen LogP contribution in [0.4, 0.5) is 0 Å². The Kier molecular flexibility index (Phi) is 4.40. The fraction of sp³-hybridized carbons (Fsp3) is 0.500. The molecule has 0 aliphatic carbocycles. The van der Waals surface area contributed by atoms with Crippen LogP contribution in [0.2, 0.25) is 5.15 Å².